The standard InChI is InChI=1S/C33H51N3O.C5H11N.C2H6/c1-20(2)6-5-7-29(35)28-14-13-26-24-10-12-27-25(23(24)16-17-32(26,28)3)11-15-31(37)33(27,4)19-21-8-9-22(34)18-30(21)36;1-3-4-5(2)6;1-2/h6,8-9,12,18,23-26,28-29,31,37H,5,7,10-11,13-17,19,34-36H2,1-4H3;4H,3,6H2,1-2H3;1-2H3/b;5-4+;. The third-order valence-corrected chi connectivity index (χ3v) is 12.1. The molecule has 0 heterocycles. The molecule has 9 unspecified atom stereocenters. The maximum Gasteiger partial charge on any atom is 0.0634 e. The largest absolute Gasteiger partial charge is 0.403 e. The van der Waals surface area contributed by atoms with Crippen molar-refractivity contribution in [2.24, 2.45) is 51.9 Å². The number of nitrogen functional groups attached to an aromatic ring is 2. The Morgan fingerprint density at radius 3 is 2.31 bits per heavy atom. The lowest BCUT2D eigenvalue weighted by atomic mass is 9.48. The maximum absolute atomic E-state index is 11.3. The predicted octanol–water partition coefficient (Wildman–Crippen LogP) is 8.92. The quantitative estimate of drug-likeness (QED) is 0.154. The molecule has 1 aromatic rings. The van der Waals surface area contributed by atoms with E-state index in [0.29, 0.717) is 29.0 Å². The molecule has 5 heteroatoms. The Hall–Kier alpha value is -2.24. The van der Waals surface area contributed by atoms with Gasteiger partial charge in [-0.15, -0.1) is 0 Å². The molecule has 5 nitrogen and oxygen atoms in total. The summed E-state index contributed by atoms with van der Waals surface area (Å²) in [5, 5.41) is 11.3. The fourth-order valence-electron chi connectivity index (χ4n) is 9.90. The van der Waals surface area contributed by atoms with Crippen molar-refractivity contribution in [3.63, 3.8) is 0 Å². The summed E-state index contributed by atoms with van der Waals surface area (Å²) in [6.07, 6.45) is 19.1. The first-order valence-corrected chi connectivity index (χ1v) is 18.1. The van der Waals surface area contributed by atoms with Gasteiger partial charge in [0.25, 0.3) is 0 Å². The second-order valence-electron chi connectivity index (χ2n) is 15.2. The van der Waals surface area contributed by atoms with Crippen LogP contribution >= 0.6 is 0 Å². The van der Waals surface area contributed by atoms with Crippen LogP contribution in [0.3, 0.4) is 0 Å². The zero-order valence-corrected chi connectivity index (χ0v) is 30.0. The zero-order valence-electron chi connectivity index (χ0n) is 30.0. The number of aliphatic hydroxyl groups is 1. The Balaban J connectivity index is 0.000000620. The number of nitrogens with two attached hydrogens (primary N) is 4. The summed E-state index contributed by atoms with van der Waals surface area (Å²) in [7, 11) is 0. The fraction of sp³-hybridized carbons (Fsp3) is 0.700. The normalized spacial score (nSPS) is 34.4. The van der Waals surface area contributed by atoms with Crippen LogP contribution in [0, 0.1) is 40.4 Å². The molecule has 0 spiro atoms. The molecule has 1 aromatic carbocycles. The molecule has 9 atom stereocenters. The highest BCUT2D eigenvalue weighted by Gasteiger charge is 2.58. The molecule has 4 aliphatic rings. The van der Waals surface area contributed by atoms with E-state index in [1.807, 2.05) is 39.0 Å². The van der Waals surface area contributed by atoms with Crippen molar-refractivity contribution < 1.29 is 5.11 Å². The molecule has 0 bridgehead atoms. The zero-order chi connectivity index (χ0) is 33.5. The van der Waals surface area contributed by atoms with E-state index < -0.39 is 0 Å². The molecule has 9 N–H and O–H groups in total. The van der Waals surface area contributed by atoms with E-state index in [4.69, 9.17) is 22.9 Å². The molecule has 0 saturated heterocycles. The third-order valence-electron chi connectivity index (χ3n) is 12.1. The van der Waals surface area contributed by atoms with Crippen molar-refractivity contribution in [2.75, 3.05) is 11.5 Å². The van der Waals surface area contributed by atoms with Crippen LogP contribution in [0.25, 0.3) is 0 Å². The van der Waals surface area contributed by atoms with Gasteiger partial charge < -0.3 is 28.0 Å². The van der Waals surface area contributed by atoms with E-state index in [2.05, 4.69) is 52.8 Å². The maximum atomic E-state index is 11.3. The van der Waals surface area contributed by atoms with E-state index in [1.165, 1.54) is 36.8 Å². The number of anilines is 2. The van der Waals surface area contributed by atoms with E-state index >= 15 is 0 Å². The Bertz CT molecular complexity index is 1190. The average molecular weight is 621 g/mol. The molecule has 3 fully saturated rings. The van der Waals surface area contributed by atoms with Gasteiger partial charge in [0.05, 0.1) is 6.10 Å². The molecule has 0 amide bonds. The highest BCUT2D eigenvalue weighted by atomic mass is 16.3. The lowest BCUT2D eigenvalue weighted by Crippen LogP contribution is -2.52. The van der Waals surface area contributed by atoms with E-state index in [9.17, 15) is 5.11 Å². The van der Waals surface area contributed by atoms with Crippen LogP contribution < -0.4 is 22.9 Å². The summed E-state index contributed by atoms with van der Waals surface area (Å²) >= 11 is 0. The summed E-state index contributed by atoms with van der Waals surface area (Å²) in [4.78, 5) is 0. The molecule has 0 radical (unpaired) electrons. The molecule has 4 aliphatic carbocycles. The van der Waals surface area contributed by atoms with Gasteiger partial charge in [-0.2, -0.15) is 0 Å². The van der Waals surface area contributed by atoms with Gasteiger partial charge in [0, 0.05) is 28.5 Å². The predicted molar refractivity (Wildman–Crippen MR) is 195 cm³/mol. The second kappa shape index (κ2) is 16.0. The van der Waals surface area contributed by atoms with Gasteiger partial charge in [-0.3, -0.25) is 0 Å². The van der Waals surface area contributed by atoms with Crippen molar-refractivity contribution in [2.45, 2.75) is 138 Å². The van der Waals surface area contributed by atoms with Crippen molar-refractivity contribution in [3.8, 4) is 0 Å². The first-order valence-electron chi connectivity index (χ1n) is 18.1. The highest BCUT2D eigenvalue weighted by Crippen LogP contribution is 2.65. The summed E-state index contributed by atoms with van der Waals surface area (Å²) in [6, 6.07) is 6.18. The Labute approximate surface area is 276 Å². The molecule has 45 heavy (non-hydrogen) atoms. The number of rotatable bonds is 7. The number of hydrogen-bond acceptors (Lipinski definition) is 5. The Kier molecular flexibility index (Phi) is 13.3. The molecule has 5 rings (SSSR count). The number of benzene rings is 1. The summed E-state index contributed by atoms with van der Waals surface area (Å²) in [5.74, 6) is 3.55. The van der Waals surface area contributed by atoms with Crippen LogP contribution in [0.4, 0.5) is 11.4 Å². The van der Waals surface area contributed by atoms with Gasteiger partial charge in [-0.05, 0) is 144 Å². The molecular weight excluding hydrogens is 552 g/mol. The van der Waals surface area contributed by atoms with Gasteiger partial charge in [-0.25, -0.2) is 0 Å². The average Bonchev–Trinajstić information content (AvgIpc) is 3.35. The van der Waals surface area contributed by atoms with Gasteiger partial charge in [0.1, 0.15) is 0 Å². The second-order valence-corrected chi connectivity index (χ2v) is 15.2. The van der Waals surface area contributed by atoms with Crippen LogP contribution in [-0.4, -0.2) is 17.3 Å². The number of allylic oxidation sites excluding steroid dienone is 5. The summed E-state index contributed by atoms with van der Waals surface area (Å²) < 4.78 is 0. The van der Waals surface area contributed by atoms with Gasteiger partial charge in [0.15, 0.2) is 0 Å². The Morgan fingerprint density at radius 2 is 1.71 bits per heavy atom. The fourth-order valence-corrected chi connectivity index (χ4v) is 9.90. The first-order chi connectivity index (χ1) is 21.3. The monoisotopic (exact) mass is 621 g/mol. The minimum absolute atomic E-state index is 0.260. The number of aliphatic hydroxyl groups excluding tert-OH is 1. The van der Waals surface area contributed by atoms with Gasteiger partial charge >= 0.3 is 0 Å². The lowest BCUT2D eigenvalue weighted by molar-refractivity contribution is -0.0453. The van der Waals surface area contributed by atoms with Gasteiger partial charge in [0.2, 0.25) is 0 Å². The molecule has 0 aromatic heterocycles. The minimum atomic E-state index is -0.327. The lowest BCUT2D eigenvalue weighted by Gasteiger charge is -2.57. The van der Waals surface area contributed by atoms with Crippen molar-refractivity contribution >= 4 is 11.4 Å². The van der Waals surface area contributed by atoms with Crippen molar-refractivity contribution in [3.05, 3.63) is 58.8 Å². The molecule has 0 aliphatic heterocycles. The van der Waals surface area contributed by atoms with Crippen molar-refractivity contribution in [1.82, 2.24) is 0 Å². The molecule has 254 valence electrons. The van der Waals surface area contributed by atoms with Gasteiger partial charge in [-0.1, -0.05) is 70.1 Å². The van der Waals surface area contributed by atoms with Crippen LogP contribution in [0.15, 0.2) is 53.3 Å². The van der Waals surface area contributed by atoms with Crippen LogP contribution in [0.2, 0.25) is 0 Å². The van der Waals surface area contributed by atoms with Crippen LogP contribution in [0.5, 0.6) is 0 Å². The number of hydrogen-bond donors (Lipinski definition) is 5. The topological polar surface area (TPSA) is 124 Å². The van der Waals surface area contributed by atoms with Crippen LogP contribution in [0.1, 0.15) is 125 Å². The van der Waals surface area contributed by atoms with E-state index in [-0.39, 0.29) is 11.5 Å². The third kappa shape index (κ3) is 8.19. The highest BCUT2D eigenvalue weighted by molar-refractivity contribution is 5.57. The smallest absolute Gasteiger partial charge is 0.0634 e. The Morgan fingerprint density at radius 1 is 1.00 bits per heavy atom. The van der Waals surface area contributed by atoms with Crippen LogP contribution in [-0.2, 0) is 6.42 Å². The first kappa shape index (κ1) is 37.2. The number of fused-ring (bicyclic) bond motifs is 5. The SMILES string of the molecule is CC.CC(C)=CCCC(N)C1CCC2C3CC=C4C(CCC(O)C4(C)Cc4ccc(N)cc4N)C3CCC12C.CC/C=C(\C)N. The summed E-state index contributed by atoms with van der Waals surface area (Å²) in [5.41, 5.74) is 31.0. The van der Waals surface area contributed by atoms with Crippen molar-refractivity contribution in [1.29, 1.82) is 0 Å². The minimum Gasteiger partial charge on any atom is -0.403 e. The molecular formula is C40H68N4O. The molecule has 3 saturated carbocycles. The van der Waals surface area contributed by atoms with E-state index in [0.717, 1.165) is 79.6 Å². The summed E-state index contributed by atoms with van der Waals surface area (Å²) in [6.45, 7) is 17.2. The van der Waals surface area contributed by atoms with E-state index in [1.54, 1.807) is 0 Å².